The first-order valence-corrected chi connectivity index (χ1v) is 8.04. The second-order valence-electron chi connectivity index (χ2n) is 5.71. The highest BCUT2D eigenvalue weighted by molar-refractivity contribution is 6.16. The molecule has 2 aromatic rings. The summed E-state index contributed by atoms with van der Waals surface area (Å²) in [5.74, 6) is -0.551. The number of nitrogens with one attached hydrogen (secondary N) is 2. The molecule has 1 fully saturated rings. The number of rotatable bonds is 5. The minimum Gasteiger partial charge on any atom is -0.507 e. The van der Waals surface area contributed by atoms with Gasteiger partial charge in [-0.3, -0.25) is 9.59 Å². The van der Waals surface area contributed by atoms with Gasteiger partial charge in [0, 0.05) is 11.3 Å². The Hall–Kier alpha value is -3.81. The molecule has 4 amide bonds. The number of amides is 4. The summed E-state index contributed by atoms with van der Waals surface area (Å²) < 4.78 is 5.04. The van der Waals surface area contributed by atoms with Crippen LogP contribution < -0.4 is 15.4 Å². The van der Waals surface area contributed by atoms with Crippen molar-refractivity contribution in [1.82, 2.24) is 10.2 Å². The van der Waals surface area contributed by atoms with Crippen LogP contribution in [0.5, 0.6) is 11.5 Å². The second kappa shape index (κ2) is 7.61. The maximum atomic E-state index is 12.4. The fourth-order valence-electron chi connectivity index (χ4n) is 2.50. The summed E-state index contributed by atoms with van der Waals surface area (Å²) in [7, 11) is 1.53. The number of anilines is 1. The summed E-state index contributed by atoms with van der Waals surface area (Å²) >= 11 is 0. The molecule has 0 radical (unpaired) electrons. The van der Waals surface area contributed by atoms with Gasteiger partial charge in [-0.15, -0.1) is 0 Å². The zero-order valence-electron chi connectivity index (χ0n) is 14.4. The van der Waals surface area contributed by atoms with Gasteiger partial charge in [0.15, 0.2) is 0 Å². The molecule has 0 bridgehead atoms. The minimum absolute atomic E-state index is 0.0150. The number of urea groups is 1. The SMILES string of the molecule is COc1ccc(NC(=O)CN2C(=O)N/C(=C\c3ccccc3O)C2=O)cc1. The number of carbonyl (C=O) groups is 3. The van der Waals surface area contributed by atoms with Crippen LogP contribution in [0.3, 0.4) is 0 Å². The highest BCUT2D eigenvalue weighted by atomic mass is 16.5. The monoisotopic (exact) mass is 367 g/mol. The molecule has 1 aliphatic heterocycles. The van der Waals surface area contributed by atoms with E-state index in [0.717, 1.165) is 4.90 Å². The van der Waals surface area contributed by atoms with Crippen LogP contribution in [-0.4, -0.2) is 41.5 Å². The van der Waals surface area contributed by atoms with E-state index < -0.39 is 24.4 Å². The molecule has 2 aromatic carbocycles. The molecule has 27 heavy (non-hydrogen) atoms. The van der Waals surface area contributed by atoms with E-state index in [9.17, 15) is 19.5 Å². The average molecular weight is 367 g/mol. The van der Waals surface area contributed by atoms with Crippen molar-refractivity contribution in [2.75, 3.05) is 19.0 Å². The van der Waals surface area contributed by atoms with Crippen molar-refractivity contribution >= 4 is 29.6 Å². The number of benzene rings is 2. The molecule has 0 unspecified atom stereocenters. The molecule has 1 saturated heterocycles. The third-order valence-corrected chi connectivity index (χ3v) is 3.87. The number of para-hydroxylation sites is 1. The Morgan fingerprint density at radius 2 is 1.89 bits per heavy atom. The van der Waals surface area contributed by atoms with Crippen LogP contribution in [0.2, 0.25) is 0 Å². The van der Waals surface area contributed by atoms with Gasteiger partial charge in [-0.1, -0.05) is 18.2 Å². The Morgan fingerprint density at radius 3 is 2.56 bits per heavy atom. The van der Waals surface area contributed by atoms with Gasteiger partial charge in [0.1, 0.15) is 23.7 Å². The van der Waals surface area contributed by atoms with E-state index in [1.54, 1.807) is 42.5 Å². The van der Waals surface area contributed by atoms with Gasteiger partial charge in [-0.05, 0) is 36.4 Å². The molecular weight excluding hydrogens is 350 g/mol. The lowest BCUT2D eigenvalue weighted by Crippen LogP contribution is -2.38. The van der Waals surface area contributed by atoms with Crippen molar-refractivity contribution < 1.29 is 24.2 Å². The third kappa shape index (κ3) is 4.06. The molecule has 0 atom stereocenters. The van der Waals surface area contributed by atoms with Gasteiger partial charge in [-0.2, -0.15) is 0 Å². The van der Waals surface area contributed by atoms with Gasteiger partial charge in [-0.25, -0.2) is 9.69 Å². The quantitative estimate of drug-likeness (QED) is 0.553. The second-order valence-corrected chi connectivity index (χ2v) is 5.71. The first-order chi connectivity index (χ1) is 13.0. The van der Waals surface area contributed by atoms with Crippen LogP contribution >= 0.6 is 0 Å². The molecule has 1 aliphatic rings. The van der Waals surface area contributed by atoms with Crippen LogP contribution in [-0.2, 0) is 9.59 Å². The summed E-state index contributed by atoms with van der Waals surface area (Å²) in [6.45, 7) is -0.436. The van der Waals surface area contributed by atoms with Crippen molar-refractivity contribution in [3.8, 4) is 11.5 Å². The minimum atomic E-state index is -0.702. The van der Waals surface area contributed by atoms with Crippen LogP contribution in [0.1, 0.15) is 5.56 Å². The lowest BCUT2D eigenvalue weighted by Gasteiger charge is -2.12. The van der Waals surface area contributed by atoms with Crippen molar-refractivity contribution in [3.63, 3.8) is 0 Å². The number of ether oxygens (including phenoxy) is 1. The number of hydrogen-bond donors (Lipinski definition) is 3. The average Bonchev–Trinajstić information content (AvgIpc) is 2.91. The van der Waals surface area contributed by atoms with E-state index >= 15 is 0 Å². The molecule has 3 rings (SSSR count). The van der Waals surface area contributed by atoms with Gasteiger partial charge in [0.25, 0.3) is 5.91 Å². The van der Waals surface area contributed by atoms with E-state index in [4.69, 9.17) is 4.74 Å². The van der Waals surface area contributed by atoms with Crippen molar-refractivity contribution in [2.24, 2.45) is 0 Å². The number of hydrogen-bond acceptors (Lipinski definition) is 5. The number of phenolic OH excluding ortho intramolecular Hbond substituents is 1. The lowest BCUT2D eigenvalue weighted by atomic mass is 10.1. The number of phenols is 1. The zero-order valence-corrected chi connectivity index (χ0v) is 14.4. The maximum absolute atomic E-state index is 12.4. The molecule has 0 spiro atoms. The molecule has 138 valence electrons. The molecular formula is C19H17N3O5. The predicted octanol–water partition coefficient (Wildman–Crippen LogP) is 1.93. The number of imide groups is 1. The Bertz CT molecular complexity index is 921. The highest BCUT2D eigenvalue weighted by Crippen LogP contribution is 2.21. The number of nitrogens with zero attached hydrogens (tertiary/aromatic N) is 1. The zero-order chi connectivity index (χ0) is 19.4. The van der Waals surface area contributed by atoms with Gasteiger partial charge < -0.3 is 20.5 Å². The summed E-state index contributed by atoms with van der Waals surface area (Å²) in [5.41, 5.74) is 0.877. The predicted molar refractivity (Wildman–Crippen MR) is 98.0 cm³/mol. The molecule has 0 saturated carbocycles. The van der Waals surface area contributed by atoms with E-state index in [1.165, 1.54) is 19.3 Å². The standard InChI is InChI=1S/C19H17N3O5/c1-27-14-8-6-13(7-9-14)20-17(24)11-22-18(25)15(21-19(22)26)10-12-4-2-3-5-16(12)23/h2-10,23H,11H2,1H3,(H,20,24)(H,21,26)/b15-10-. The molecule has 8 nitrogen and oxygen atoms in total. The van der Waals surface area contributed by atoms with Crippen LogP contribution in [0.15, 0.2) is 54.2 Å². The fourth-order valence-corrected chi connectivity index (χ4v) is 2.50. The molecule has 8 heteroatoms. The summed E-state index contributed by atoms with van der Waals surface area (Å²) in [5, 5.41) is 14.8. The topological polar surface area (TPSA) is 108 Å². The van der Waals surface area contributed by atoms with Crippen molar-refractivity contribution in [2.45, 2.75) is 0 Å². The van der Waals surface area contributed by atoms with Crippen LogP contribution in [0.25, 0.3) is 6.08 Å². The van der Waals surface area contributed by atoms with Gasteiger partial charge in [0.2, 0.25) is 5.91 Å². The smallest absolute Gasteiger partial charge is 0.329 e. The van der Waals surface area contributed by atoms with Crippen LogP contribution in [0.4, 0.5) is 10.5 Å². The largest absolute Gasteiger partial charge is 0.507 e. The number of aromatic hydroxyl groups is 1. The van der Waals surface area contributed by atoms with Crippen LogP contribution in [0, 0.1) is 0 Å². The van der Waals surface area contributed by atoms with E-state index in [1.807, 2.05) is 0 Å². The summed E-state index contributed by atoms with van der Waals surface area (Å²) in [6.07, 6.45) is 1.36. The van der Waals surface area contributed by atoms with E-state index in [0.29, 0.717) is 17.0 Å². The molecule has 1 heterocycles. The maximum Gasteiger partial charge on any atom is 0.329 e. The van der Waals surface area contributed by atoms with Gasteiger partial charge >= 0.3 is 6.03 Å². The van der Waals surface area contributed by atoms with Crippen molar-refractivity contribution in [1.29, 1.82) is 0 Å². The Kier molecular flexibility index (Phi) is 5.07. The molecule has 3 N–H and O–H groups in total. The third-order valence-electron chi connectivity index (χ3n) is 3.87. The summed E-state index contributed by atoms with van der Waals surface area (Å²) in [6, 6.07) is 12.3. The first kappa shape index (κ1) is 18.0. The number of methoxy groups -OCH3 is 1. The van der Waals surface area contributed by atoms with Crippen molar-refractivity contribution in [3.05, 3.63) is 59.8 Å². The highest BCUT2D eigenvalue weighted by Gasteiger charge is 2.35. The lowest BCUT2D eigenvalue weighted by molar-refractivity contribution is -0.127. The van der Waals surface area contributed by atoms with E-state index in [-0.39, 0.29) is 11.4 Å². The molecule has 0 aliphatic carbocycles. The first-order valence-electron chi connectivity index (χ1n) is 8.04. The Labute approximate surface area is 155 Å². The Balaban J connectivity index is 1.68. The normalized spacial score (nSPS) is 15.0. The van der Waals surface area contributed by atoms with Gasteiger partial charge in [0.05, 0.1) is 7.11 Å². The Morgan fingerprint density at radius 1 is 1.19 bits per heavy atom. The number of carbonyl (C=O) groups excluding carboxylic acids is 3. The fraction of sp³-hybridized carbons (Fsp3) is 0.105. The summed E-state index contributed by atoms with van der Waals surface area (Å²) in [4.78, 5) is 37.4. The molecule has 0 aromatic heterocycles. The van der Waals surface area contributed by atoms with E-state index in [2.05, 4.69) is 10.6 Å².